The number of hydrogen-bond acceptors (Lipinski definition) is 3. The van der Waals surface area contributed by atoms with Crippen LogP contribution < -0.4 is 4.90 Å². The molecule has 3 aromatic rings. The summed E-state index contributed by atoms with van der Waals surface area (Å²) in [7, 11) is 1.72. The summed E-state index contributed by atoms with van der Waals surface area (Å²) in [6, 6.07) is 20.7. The Hall–Kier alpha value is -3.87. The number of alkyl halides is 3. The minimum Gasteiger partial charge on any atom is -0.365 e. The van der Waals surface area contributed by atoms with E-state index in [2.05, 4.69) is 0 Å². The van der Waals surface area contributed by atoms with E-state index in [1.54, 1.807) is 24.1 Å². The van der Waals surface area contributed by atoms with Crippen LogP contribution in [0.4, 0.5) is 18.9 Å². The highest BCUT2D eigenvalue weighted by molar-refractivity contribution is 6.45. The van der Waals surface area contributed by atoms with Gasteiger partial charge in [0.15, 0.2) is 0 Å². The Bertz CT molecular complexity index is 1220. The van der Waals surface area contributed by atoms with Crippen LogP contribution in [0.3, 0.4) is 0 Å². The van der Waals surface area contributed by atoms with E-state index in [-0.39, 0.29) is 17.0 Å². The second-order valence-corrected chi connectivity index (χ2v) is 7.92. The molecule has 4 rings (SSSR count). The number of anilines is 1. The highest BCUT2D eigenvalue weighted by atomic mass is 19.4. The van der Waals surface area contributed by atoms with Gasteiger partial charge < -0.3 is 4.90 Å². The summed E-state index contributed by atoms with van der Waals surface area (Å²) in [4.78, 5) is 29.6. The van der Waals surface area contributed by atoms with Crippen molar-refractivity contribution in [3.8, 4) is 0 Å². The first kappa shape index (κ1) is 22.3. The standard InChI is InChI=1S/C26H21F3N2O2/c1-17-8-10-19(11-9-17)22-23(30(2)16-18-6-4-3-5-7-18)25(33)31(24(22)32)21-14-12-20(13-15-21)26(27,28)29/h3-15H,16H2,1-2H3. The summed E-state index contributed by atoms with van der Waals surface area (Å²) in [6.45, 7) is 2.29. The molecule has 0 N–H and O–H groups in total. The Morgan fingerprint density at radius 3 is 2.00 bits per heavy atom. The number of rotatable bonds is 5. The molecule has 2 amide bonds. The lowest BCUT2D eigenvalue weighted by atomic mass is 10.0. The van der Waals surface area contributed by atoms with E-state index < -0.39 is 23.6 Å². The average molecular weight is 450 g/mol. The summed E-state index contributed by atoms with van der Waals surface area (Å²) in [5, 5.41) is 0. The number of benzene rings is 3. The number of aryl methyl sites for hydroxylation is 1. The zero-order chi connectivity index (χ0) is 23.8. The van der Waals surface area contributed by atoms with Crippen molar-refractivity contribution < 1.29 is 22.8 Å². The van der Waals surface area contributed by atoms with E-state index in [1.807, 2.05) is 49.4 Å². The third-order valence-corrected chi connectivity index (χ3v) is 5.50. The number of imide groups is 1. The van der Waals surface area contributed by atoms with Gasteiger partial charge in [-0.3, -0.25) is 9.59 Å². The predicted molar refractivity (Wildman–Crippen MR) is 120 cm³/mol. The van der Waals surface area contributed by atoms with Gasteiger partial charge in [0, 0.05) is 13.6 Å². The Labute approximate surface area is 189 Å². The summed E-state index contributed by atoms with van der Waals surface area (Å²) in [5.74, 6) is -1.15. The zero-order valence-electron chi connectivity index (χ0n) is 18.1. The Kier molecular flexibility index (Phi) is 5.80. The minimum atomic E-state index is -4.51. The van der Waals surface area contributed by atoms with Gasteiger partial charge in [-0.15, -0.1) is 0 Å². The number of amides is 2. The molecular weight excluding hydrogens is 429 g/mol. The van der Waals surface area contributed by atoms with Crippen LogP contribution in [0, 0.1) is 6.92 Å². The third-order valence-electron chi connectivity index (χ3n) is 5.50. The molecule has 0 saturated carbocycles. The van der Waals surface area contributed by atoms with Crippen LogP contribution >= 0.6 is 0 Å². The quantitative estimate of drug-likeness (QED) is 0.487. The SMILES string of the molecule is Cc1ccc(C2=C(N(C)Cc3ccccc3)C(=O)N(c3ccc(C(F)(F)F)cc3)C2=O)cc1. The largest absolute Gasteiger partial charge is 0.416 e. The van der Waals surface area contributed by atoms with E-state index in [9.17, 15) is 22.8 Å². The maximum Gasteiger partial charge on any atom is 0.416 e. The number of hydrogen-bond donors (Lipinski definition) is 0. The molecule has 3 aromatic carbocycles. The summed E-state index contributed by atoms with van der Waals surface area (Å²) < 4.78 is 38.9. The van der Waals surface area contributed by atoms with E-state index in [1.165, 1.54) is 0 Å². The summed E-state index contributed by atoms with van der Waals surface area (Å²) >= 11 is 0. The summed E-state index contributed by atoms with van der Waals surface area (Å²) in [5.41, 5.74) is 2.18. The van der Waals surface area contributed by atoms with Gasteiger partial charge in [0.1, 0.15) is 5.70 Å². The molecule has 0 saturated heterocycles. The second kappa shape index (κ2) is 8.58. The number of carbonyl (C=O) groups excluding carboxylic acids is 2. The smallest absolute Gasteiger partial charge is 0.365 e. The fraction of sp³-hybridized carbons (Fsp3) is 0.154. The average Bonchev–Trinajstić information content (AvgIpc) is 3.04. The molecule has 7 heteroatoms. The van der Waals surface area contributed by atoms with Gasteiger partial charge in [0.05, 0.1) is 16.8 Å². The molecule has 33 heavy (non-hydrogen) atoms. The zero-order valence-corrected chi connectivity index (χ0v) is 18.1. The molecule has 0 unspecified atom stereocenters. The molecule has 1 heterocycles. The molecule has 0 radical (unpaired) electrons. The van der Waals surface area contributed by atoms with Crippen LogP contribution in [0.25, 0.3) is 5.57 Å². The van der Waals surface area contributed by atoms with Crippen LogP contribution in [0.2, 0.25) is 0 Å². The van der Waals surface area contributed by atoms with Gasteiger partial charge in [0.25, 0.3) is 11.8 Å². The monoisotopic (exact) mass is 450 g/mol. The first-order valence-corrected chi connectivity index (χ1v) is 10.3. The highest BCUT2D eigenvalue weighted by Gasteiger charge is 2.42. The van der Waals surface area contributed by atoms with Crippen molar-refractivity contribution in [3.05, 3.63) is 107 Å². The van der Waals surface area contributed by atoms with Crippen LogP contribution in [0.15, 0.2) is 84.6 Å². The minimum absolute atomic E-state index is 0.0886. The van der Waals surface area contributed by atoms with Crippen LogP contribution in [-0.2, 0) is 22.3 Å². The van der Waals surface area contributed by atoms with Crippen LogP contribution in [0.5, 0.6) is 0 Å². The first-order chi connectivity index (χ1) is 15.7. The number of nitrogens with zero attached hydrogens (tertiary/aromatic N) is 2. The second-order valence-electron chi connectivity index (χ2n) is 7.92. The maximum atomic E-state index is 13.5. The van der Waals surface area contributed by atoms with Crippen molar-refractivity contribution in [1.29, 1.82) is 0 Å². The fourth-order valence-corrected chi connectivity index (χ4v) is 3.82. The van der Waals surface area contributed by atoms with E-state index >= 15 is 0 Å². The predicted octanol–water partition coefficient (Wildman–Crippen LogP) is 5.43. The van der Waals surface area contributed by atoms with Crippen molar-refractivity contribution in [2.75, 3.05) is 11.9 Å². The van der Waals surface area contributed by atoms with Gasteiger partial charge in [0.2, 0.25) is 0 Å². The molecule has 0 atom stereocenters. The van der Waals surface area contributed by atoms with Crippen molar-refractivity contribution in [1.82, 2.24) is 4.90 Å². The van der Waals surface area contributed by atoms with Gasteiger partial charge in [-0.1, -0.05) is 60.2 Å². The lowest BCUT2D eigenvalue weighted by Gasteiger charge is -2.22. The van der Waals surface area contributed by atoms with Gasteiger partial charge in [-0.2, -0.15) is 13.2 Å². The third kappa shape index (κ3) is 4.39. The lowest BCUT2D eigenvalue weighted by molar-refractivity contribution is -0.137. The maximum absolute atomic E-state index is 13.5. The van der Waals surface area contributed by atoms with Crippen LogP contribution in [0.1, 0.15) is 22.3 Å². The molecule has 1 aliphatic heterocycles. The molecule has 168 valence electrons. The highest BCUT2D eigenvalue weighted by Crippen LogP contribution is 2.36. The Balaban J connectivity index is 1.76. The molecule has 0 bridgehead atoms. The first-order valence-electron chi connectivity index (χ1n) is 10.3. The molecule has 4 nitrogen and oxygen atoms in total. The molecule has 0 aliphatic carbocycles. The number of carbonyl (C=O) groups is 2. The Morgan fingerprint density at radius 2 is 1.42 bits per heavy atom. The molecule has 0 spiro atoms. The normalized spacial score (nSPS) is 14.3. The lowest BCUT2D eigenvalue weighted by Crippen LogP contribution is -2.34. The van der Waals surface area contributed by atoms with Crippen molar-refractivity contribution in [2.24, 2.45) is 0 Å². The van der Waals surface area contributed by atoms with Gasteiger partial charge in [-0.05, 0) is 42.3 Å². The van der Waals surface area contributed by atoms with Crippen molar-refractivity contribution in [3.63, 3.8) is 0 Å². The molecule has 0 aromatic heterocycles. The fourth-order valence-electron chi connectivity index (χ4n) is 3.82. The molecule has 1 aliphatic rings. The van der Waals surface area contributed by atoms with E-state index in [0.29, 0.717) is 12.1 Å². The molecule has 0 fully saturated rings. The Morgan fingerprint density at radius 1 is 0.818 bits per heavy atom. The van der Waals surface area contributed by atoms with Crippen LogP contribution in [-0.4, -0.2) is 23.8 Å². The molecular formula is C26H21F3N2O2. The van der Waals surface area contributed by atoms with Crippen molar-refractivity contribution in [2.45, 2.75) is 19.6 Å². The summed E-state index contributed by atoms with van der Waals surface area (Å²) in [6.07, 6.45) is -4.51. The van der Waals surface area contributed by atoms with Crippen molar-refractivity contribution >= 4 is 23.1 Å². The number of halogens is 3. The van der Waals surface area contributed by atoms with Gasteiger partial charge >= 0.3 is 6.18 Å². The van der Waals surface area contributed by atoms with E-state index in [0.717, 1.165) is 40.3 Å². The van der Waals surface area contributed by atoms with E-state index in [4.69, 9.17) is 0 Å². The number of likely N-dealkylation sites (N-methyl/N-ethyl adjacent to an activating group) is 1. The topological polar surface area (TPSA) is 40.6 Å². The van der Waals surface area contributed by atoms with Gasteiger partial charge in [-0.25, -0.2) is 4.90 Å².